The van der Waals surface area contributed by atoms with E-state index in [0.717, 1.165) is 25.7 Å². The molecule has 2 aliphatic rings. The number of nitrogens with zero attached hydrogens (tertiary/aromatic N) is 2. The summed E-state index contributed by atoms with van der Waals surface area (Å²) in [5, 5.41) is 8.65. The summed E-state index contributed by atoms with van der Waals surface area (Å²) in [4.78, 5) is 10.5. The molecule has 110 valence electrons. The number of aliphatic carboxylic acids is 1. The summed E-state index contributed by atoms with van der Waals surface area (Å²) in [6, 6.07) is 0.131. The summed E-state index contributed by atoms with van der Waals surface area (Å²) in [6.45, 7) is 0.612. The molecule has 1 N–H and O–H groups in total. The van der Waals surface area contributed by atoms with Crippen molar-refractivity contribution in [2.75, 3.05) is 20.1 Å². The topological polar surface area (TPSA) is 77.9 Å². The molecule has 1 saturated heterocycles. The molecule has 0 aromatic heterocycles. The molecule has 6 nitrogen and oxygen atoms in total. The average molecular weight is 290 g/mol. The van der Waals surface area contributed by atoms with Crippen LogP contribution in [0.2, 0.25) is 0 Å². The molecule has 1 saturated carbocycles. The Bertz CT molecular complexity index is 437. The van der Waals surface area contributed by atoms with Gasteiger partial charge in [-0.15, -0.1) is 0 Å². The normalized spacial score (nSPS) is 28.5. The van der Waals surface area contributed by atoms with Crippen molar-refractivity contribution in [2.45, 2.75) is 44.6 Å². The summed E-state index contributed by atoms with van der Waals surface area (Å²) < 4.78 is 27.7. The summed E-state index contributed by atoms with van der Waals surface area (Å²) in [7, 11) is -2.03. The summed E-state index contributed by atoms with van der Waals surface area (Å²) in [6.07, 6.45) is 5.14. The first-order valence-corrected chi connectivity index (χ1v) is 8.27. The monoisotopic (exact) mass is 290 g/mol. The quantitative estimate of drug-likeness (QED) is 0.816. The van der Waals surface area contributed by atoms with Gasteiger partial charge < -0.3 is 5.11 Å². The zero-order valence-electron chi connectivity index (χ0n) is 11.3. The second kappa shape index (κ2) is 5.76. The lowest BCUT2D eigenvalue weighted by molar-refractivity contribution is -0.137. The number of hydrogen-bond acceptors (Lipinski definition) is 3. The average Bonchev–Trinajstić information content (AvgIpc) is 2.80. The lowest BCUT2D eigenvalue weighted by Crippen LogP contribution is -2.46. The summed E-state index contributed by atoms with van der Waals surface area (Å²) in [5.41, 5.74) is 0. The van der Waals surface area contributed by atoms with Crippen molar-refractivity contribution in [3.8, 4) is 0 Å². The lowest BCUT2D eigenvalue weighted by atomic mass is 9.86. The Hall–Kier alpha value is -0.660. The van der Waals surface area contributed by atoms with Gasteiger partial charge in [0.1, 0.15) is 0 Å². The van der Waals surface area contributed by atoms with Gasteiger partial charge in [-0.2, -0.15) is 17.0 Å². The maximum atomic E-state index is 12.5. The highest BCUT2D eigenvalue weighted by molar-refractivity contribution is 7.86. The predicted molar refractivity (Wildman–Crippen MR) is 70.9 cm³/mol. The van der Waals surface area contributed by atoms with Crippen molar-refractivity contribution >= 4 is 16.2 Å². The van der Waals surface area contributed by atoms with E-state index in [1.807, 2.05) is 0 Å². The van der Waals surface area contributed by atoms with Gasteiger partial charge in [0.2, 0.25) is 0 Å². The van der Waals surface area contributed by atoms with Gasteiger partial charge in [0, 0.05) is 26.2 Å². The van der Waals surface area contributed by atoms with Gasteiger partial charge in [0.05, 0.1) is 6.42 Å². The van der Waals surface area contributed by atoms with E-state index in [-0.39, 0.29) is 19.0 Å². The van der Waals surface area contributed by atoms with Crippen LogP contribution in [0.15, 0.2) is 0 Å². The highest BCUT2D eigenvalue weighted by atomic mass is 32.2. The first-order valence-electron chi connectivity index (χ1n) is 6.88. The van der Waals surface area contributed by atoms with Gasteiger partial charge in [-0.25, -0.2) is 0 Å². The van der Waals surface area contributed by atoms with Crippen molar-refractivity contribution in [3.05, 3.63) is 0 Å². The van der Waals surface area contributed by atoms with E-state index in [9.17, 15) is 13.2 Å². The first-order chi connectivity index (χ1) is 8.93. The third kappa shape index (κ3) is 3.09. The molecule has 2 unspecified atom stereocenters. The summed E-state index contributed by atoms with van der Waals surface area (Å²) in [5.74, 6) is -0.476. The molecule has 2 rings (SSSR count). The molecule has 7 heteroatoms. The van der Waals surface area contributed by atoms with E-state index < -0.39 is 16.2 Å². The van der Waals surface area contributed by atoms with Crippen LogP contribution in [-0.2, 0) is 15.0 Å². The van der Waals surface area contributed by atoms with E-state index in [1.54, 1.807) is 4.31 Å². The number of carboxylic acid groups (broad SMARTS) is 1. The molecule has 0 spiro atoms. The Morgan fingerprint density at radius 3 is 2.68 bits per heavy atom. The first kappa shape index (κ1) is 14.7. The molecule has 0 amide bonds. The second-order valence-electron chi connectivity index (χ2n) is 5.48. The Morgan fingerprint density at radius 1 is 1.32 bits per heavy atom. The summed E-state index contributed by atoms with van der Waals surface area (Å²) >= 11 is 0. The predicted octanol–water partition coefficient (Wildman–Crippen LogP) is 0.902. The van der Waals surface area contributed by atoms with Crippen LogP contribution in [0, 0.1) is 5.92 Å². The maximum Gasteiger partial charge on any atom is 0.304 e. The molecule has 2 fully saturated rings. The number of fused-ring (bicyclic) bond motifs is 1. The van der Waals surface area contributed by atoms with Gasteiger partial charge >= 0.3 is 5.97 Å². The minimum Gasteiger partial charge on any atom is -0.481 e. The molecule has 1 aliphatic carbocycles. The fraction of sp³-hybridized carbons (Fsp3) is 0.917. The van der Waals surface area contributed by atoms with E-state index >= 15 is 0 Å². The smallest absolute Gasteiger partial charge is 0.304 e. The number of carboxylic acids is 1. The van der Waals surface area contributed by atoms with Gasteiger partial charge in [0.25, 0.3) is 10.2 Å². The highest BCUT2D eigenvalue weighted by Gasteiger charge is 2.43. The third-order valence-corrected chi connectivity index (χ3v) is 6.31. The van der Waals surface area contributed by atoms with Crippen LogP contribution in [0.4, 0.5) is 0 Å². The van der Waals surface area contributed by atoms with Crippen LogP contribution in [0.1, 0.15) is 38.5 Å². The number of rotatable bonds is 5. The zero-order chi connectivity index (χ0) is 14.0. The van der Waals surface area contributed by atoms with Crippen LogP contribution in [0.5, 0.6) is 0 Å². The zero-order valence-corrected chi connectivity index (χ0v) is 12.1. The Morgan fingerprint density at radius 2 is 2.00 bits per heavy atom. The molecular formula is C12H22N2O4S. The second-order valence-corrected chi connectivity index (χ2v) is 7.47. The van der Waals surface area contributed by atoms with Gasteiger partial charge in [-0.3, -0.25) is 4.79 Å². The van der Waals surface area contributed by atoms with Crippen LogP contribution in [-0.4, -0.2) is 54.3 Å². The largest absolute Gasteiger partial charge is 0.481 e. The maximum absolute atomic E-state index is 12.5. The van der Waals surface area contributed by atoms with Crippen molar-refractivity contribution in [2.24, 2.45) is 5.92 Å². The Labute approximate surface area is 114 Å². The molecule has 0 bridgehead atoms. The molecule has 1 heterocycles. The van der Waals surface area contributed by atoms with Crippen molar-refractivity contribution < 1.29 is 18.3 Å². The van der Waals surface area contributed by atoms with E-state index in [2.05, 4.69) is 0 Å². The third-order valence-electron chi connectivity index (χ3n) is 4.29. The Balaban J connectivity index is 2.04. The number of carbonyl (C=O) groups is 1. The fourth-order valence-electron chi connectivity index (χ4n) is 3.20. The number of hydrogen-bond donors (Lipinski definition) is 1. The minimum atomic E-state index is -3.50. The standard InChI is InChI=1S/C12H22N2O4S/c1-13(8-7-12(15)16)19(17,18)14-9-6-10-4-2-3-5-11(10)14/h10-11H,2-9H2,1H3,(H,15,16). The molecule has 0 aromatic rings. The molecule has 1 aliphatic heterocycles. The van der Waals surface area contributed by atoms with E-state index in [4.69, 9.17) is 5.11 Å². The minimum absolute atomic E-state index is 0.0333. The van der Waals surface area contributed by atoms with Crippen LogP contribution in [0.3, 0.4) is 0 Å². The van der Waals surface area contributed by atoms with Crippen molar-refractivity contribution in [1.29, 1.82) is 0 Å². The molecule has 2 atom stereocenters. The SMILES string of the molecule is CN(CCC(=O)O)S(=O)(=O)N1CCC2CCCCC21. The van der Waals surface area contributed by atoms with Gasteiger partial charge in [0.15, 0.2) is 0 Å². The van der Waals surface area contributed by atoms with Gasteiger partial charge in [-0.1, -0.05) is 12.8 Å². The molecule has 0 aromatic carbocycles. The van der Waals surface area contributed by atoms with Crippen LogP contribution >= 0.6 is 0 Å². The van der Waals surface area contributed by atoms with E-state index in [1.165, 1.54) is 17.8 Å². The fourth-order valence-corrected chi connectivity index (χ4v) is 4.83. The molecule has 0 radical (unpaired) electrons. The van der Waals surface area contributed by atoms with Gasteiger partial charge in [-0.05, 0) is 25.2 Å². The van der Waals surface area contributed by atoms with Crippen LogP contribution in [0.25, 0.3) is 0 Å². The Kier molecular flexibility index (Phi) is 4.47. The molecule has 19 heavy (non-hydrogen) atoms. The lowest BCUT2D eigenvalue weighted by Gasteiger charge is -2.33. The highest BCUT2D eigenvalue weighted by Crippen LogP contribution is 2.38. The molecular weight excluding hydrogens is 268 g/mol. The van der Waals surface area contributed by atoms with Crippen molar-refractivity contribution in [3.63, 3.8) is 0 Å². The van der Waals surface area contributed by atoms with Crippen molar-refractivity contribution in [1.82, 2.24) is 8.61 Å². The van der Waals surface area contributed by atoms with E-state index in [0.29, 0.717) is 12.5 Å². The van der Waals surface area contributed by atoms with Crippen LogP contribution < -0.4 is 0 Å².